The highest BCUT2D eigenvalue weighted by Gasteiger charge is 2.32. The molecule has 0 atom stereocenters. The second kappa shape index (κ2) is 10.5. The summed E-state index contributed by atoms with van der Waals surface area (Å²) in [4.78, 5) is 49.0. The Morgan fingerprint density at radius 1 is 0.946 bits per heavy atom. The quantitative estimate of drug-likeness (QED) is 0.397. The molecule has 3 N–H and O–H groups in total. The van der Waals surface area contributed by atoms with Gasteiger partial charge in [-0.1, -0.05) is 0 Å². The highest BCUT2D eigenvalue weighted by Crippen LogP contribution is 2.35. The predicted molar refractivity (Wildman–Crippen MR) is 135 cm³/mol. The van der Waals surface area contributed by atoms with Crippen LogP contribution in [0.5, 0.6) is 11.5 Å². The summed E-state index contributed by atoms with van der Waals surface area (Å²) in [5.74, 6) is 0.259. The average Bonchev–Trinajstić information content (AvgIpc) is 3.34. The van der Waals surface area contributed by atoms with Crippen molar-refractivity contribution in [3.8, 4) is 22.8 Å². The first-order valence-corrected chi connectivity index (χ1v) is 11.6. The molecule has 0 saturated carbocycles. The summed E-state index contributed by atoms with van der Waals surface area (Å²) in [6.45, 7) is 5.05. The summed E-state index contributed by atoms with van der Waals surface area (Å²) in [7, 11) is 0. The van der Waals surface area contributed by atoms with E-state index < -0.39 is 17.0 Å². The van der Waals surface area contributed by atoms with Crippen LogP contribution in [0.25, 0.3) is 11.3 Å². The van der Waals surface area contributed by atoms with Gasteiger partial charge in [-0.25, -0.2) is 4.68 Å². The molecule has 1 aliphatic rings. The summed E-state index contributed by atoms with van der Waals surface area (Å²) >= 11 is 0. The molecular weight excluding hydrogens is 478 g/mol. The normalized spacial score (nSPS) is 12.1. The van der Waals surface area contributed by atoms with Crippen molar-refractivity contribution >= 4 is 23.4 Å². The molecule has 11 nitrogen and oxygen atoms in total. The number of amides is 3. The molecule has 11 heteroatoms. The van der Waals surface area contributed by atoms with Crippen LogP contribution in [0.1, 0.15) is 31.1 Å². The number of carbonyl (C=O) groups is 3. The smallest absolute Gasteiger partial charge is 0.267 e. The number of nitrogens with one attached hydrogen (secondary N) is 3. The molecule has 0 bridgehead atoms. The zero-order valence-electron chi connectivity index (χ0n) is 20.7. The molecule has 0 spiro atoms. The van der Waals surface area contributed by atoms with Gasteiger partial charge in [-0.05, 0) is 62.4 Å². The molecule has 4 rings (SSSR count). The fourth-order valence-electron chi connectivity index (χ4n) is 3.70. The minimum atomic E-state index is -1.30. The van der Waals surface area contributed by atoms with Gasteiger partial charge in [0.25, 0.3) is 11.5 Å². The lowest BCUT2D eigenvalue weighted by Crippen LogP contribution is -2.50. The van der Waals surface area contributed by atoms with Crippen LogP contribution in [0, 0.1) is 0 Å². The van der Waals surface area contributed by atoms with E-state index in [1.807, 2.05) is 0 Å². The van der Waals surface area contributed by atoms with Gasteiger partial charge in [0.05, 0.1) is 5.69 Å². The maximum atomic E-state index is 13.0. The summed E-state index contributed by atoms with van der Waals surface area (Å²) in [6.07, 6.45) is 0. The monoisotopic (exact) mass is 505 g/mol. The summed E-state index contributed by atoms with van der Waals surface area (Å²) in [6, 6.07) is 14.7. The molecule has 2 heterocycles. The van der Waals surface area contributed by atoms with Gasteiger partial charge in [0.15, 0.2) is 11.5 Å². The molecule has 0 unspecified atom stereocenters. The molecule has 2 aromatic carbocycles. The van der Waals surface area contributed by atoms with Crippen LogP contribution in [0.3, 0.4) is 0 Å². The topological polar surface area (TPSA) is 141 Å². The van der Waals surface area contributed by atoms with Gasteiger partial charge in [-0.2, -0.15) is 5.10 Å². The zero-order valence-corrected chi connectivity index (χ0v) is 20.7. The van der Waals surface area contributed by atoms with Crippen LogP contribution in [0.15, 0.2) is 59.4 Å². The van der Waals surface area contributed by atoms with Gasteiger partial charge < -0.3 is 25.4 Å². The molecule has 0 radical (unpaired) electrons. The molecule has 0 fully saturated rings. The van der Waals surface area contributed by atoms with Gasteiger partial charge in [-0.15, -0.1) is 0 Å². The molecule has 3 amide bonds. The van der Waals surface area contributed by atoms with Crippen LogP contribution in [0.2, 0.25) is 0 Å². The van der Waals surface area contributed by atoms with Crippen molar-refractivity contribution in [2.24, 2.45) is 0 Å². The molecule has 0 saturated heterocycles. The highest BCUT2D eigenvalue weighted by atomic mass is 16.7. The minimum absolute atomic E-state index is 0.143. The van der Waals surface area contributed by atoms with E-state index in [2.05, 4.69) is 21.0 Å². The van der Waals surface area contributed by atoms with E-state index in [0.717, 1.165) is 4.68 Å². The van der Waals surface area contributed by atoms with Crippen molar-refractivity contribution in [3.63, 3.8) is 0 Å². The third-order valence-electron chi connectivity index (χ3n) is 5.72. The average molecular weight is 506 g/mol. The van der Waals surface area contributed by atoms with Crippen molar-refractivity contribution in [1.82, 2.24) is 20.4 Å². The van der Waals surface area contributed by atoms with Gasteiger partial charge in [-0.3, -0.25) is 19.2 Å². The van der Waals surface area contributed by atoms with Crippen LogP contribution >= 0.6 is 0 Å². The van der Waals surface area contributed by atoms with E-state index in [0.29, 0.717) is 34.0 Å². The first-order chi connectivity index (χ1) is 17.6. The summed E-state index contributed by atoms with van der Waals surface area (Å²) < 4.78 is 11.9. The maximum Gasteiger partial charge on any atom is 0.267 e. The Balaban J connectivity index is 1.36. The first kappa shape index (κ1) is 25.4. The van der Waals surface area contributed by atoms with Crippen molar-refractivity contribution in [3.05, 3.63) is 70.5 Å². The number of carbonyl (C=O) groups excluding carboxylic acids is 3. The Morgan fingerprint density at radius 3 is 2.38 bits per heavy atom. The number of benzene rings is 2. The Hall–Kier alpha value is -4.67. The van der Waals surface area contributed by atoms with Crippen molar-refractivity contribution in [2.45, 2.75) is 26.3 Å². The number of aromatic nitrogens is 2. The van der Waals surface area contributed by atoms with E-state index >= 15 is 0 Å². The lowest BCUT2D eigenvalue weighted by Gasteiger charge is -2.25. The third-order valence-corrected chi connectivity index (χ3v) is 5.72. The lowest BCUT2D eigenvalue weighted by atomic mass is 10.0. The number of fused-ring (bicyclic) bond motifs is 1. The van der Waals surface area contributed by atoms with Crippen LogP contribution in [-0.4, -0.2) is 47.4 Å². The number of hydrogen-bond acceptors (Lipinski definition) is 7. The Morgan fingerprint density at radius 2 is 1.65 bits per heavy atom. The van der Waals surface area contributed by atoms with E-state index in [-0.39, 0.29) is 31.7 Å². The molecule has 192 valence electrons. The molecular formula is C26H27N5O6. The molecule has 3 aromatic rings. The van der Waals surface area contributed by atoms with Gasteiger partial charge in [0.1, 0.15) is 5.54 Å². The van der Waals surface area contributed by atoms with E-state index in [1.165, 1.54) is 13.0 Å². The molecule has 1 aliphatic heterocycles. The first-order valence-electron chi connectivity index (χ1n) is 11.6. The Bertz CT molecular complexity index is 1400. The minimum Gasteiger partial charge on any atom is -0.454 e. The third kappa shape index (κ3) is 5.77. The Labute approximate surface area is 212 Å². The number of nitrogens with zero attached hydrogens (tertiary/aromatic N) is 2. The second-order valence-corrected chi connectivity index (χ2v) is 8.87. The van der Waals surface area contributed by atoms with Gasteiger partial charge in [0.2, 0.25) is 18.6 Å². The van der Waals surface area contributed by atoms with E-state index in [9.17, 15) is 19.2 Å². The molecule has 0 aliphatic carbocycles. The lowest BCUT2D eigenvalue weighted by molar-refractivity contribution is -0.129. The SMILES string of the molecule is CC(=O)Nc1ccc(C(=O)NCCNC(=O)C(C)(C)n2nc(-c3ccc4c(c3)OCO4)ccc2=O)cc1. The van der Waals surface area contributed by atoms with Crippen LogP contribution in [0.4, 0.5) is 5.69 Å². The van der Waals surface area contributed by atoms with Gasteiger partial charge in [0, 0.05) is 42.9 Å². The predicted octanol–water partition coefficient (Wildman–Crippen LogP) is 1.88. The number of ether oxygens (including phenoxy) is 2. The zero-order chi connectivity index (χ0) is 26.6. The van der Waals surface area contributed by atoms with Crippen molar-refractivity contribution < 1.29 is 23.9 Å². The Kier molecular flexibility index (Phi) is 7.23. The van der Waals surface area contributed by atoms with E-state index in [4.69, 9.17) is 9.47 Å². The van der Waals surface area contributed by atoms with Crippen LogP contribution in [-0.2, 0) is 15.1 Å². The number of rotatable bonds is 8. The summed E-state index contributed by atoms with van der Waals surface area (Å²) in [5, 5.41) is 12.5. The molecule has 37 heavy (non-hydrogen) atoms. The highest BCUT2D eigenvalue weighted by molar-refractivity contribution is 5.95. The van der Waals surface area contributed by atoms with Crippen LogP contribution < -0.4 is 31.0 Å². The van der Waals surface area contributed by atoms with E-state index in [1.54, 1.807) is 62.4 Å². The number of hydrogen-bond donors (Lipinski definition) is 3. The summed E-state index contributed by atoms with van der Waals surface area (Å²) in [5.41, 5.74) is 0.479. The standard InChI is InChI=1S/C26H27N5O6/c1-16(32)29-19-7-4-17(5-8-19)24(34)27-12-13-28-25(35)26(2,3)31-23(33)11-9-20(30-31)18-6-10-21-22(14-18)37-15-36-21/h4-11,14H,12-13,15H2,1-3H3,(H,27,34)(H,28,35)(H,29,32). The fraction of sp³-hybridized carbons (Fsp3) is 0.269. The molecule has 1 aromatic heterocycles. The number of anilines is 1. The fourth-order valence-corrected chi connectivity index (χ4v) is 3.70. The second-order valence-electron chi connectivity index (χ2n) is 8.87. The van der Waals surface area contributed by atoms with Crippen molar-refractivity contribution in [1.29, 1.82) is 0 Å². The van der Waals surface area contributed by atoms with Crippen molar-refractivity contribution in [2.75, 3.05) is 25.2 Å². The van der Waals surface area contributed by atoms with Gasteiger partial charge >= 0.3 is 0 Å². The largest absolute Gasteiger partial charge is 0.454 e. The maximum absolute atomic E-state index is 13.0.